The van der Waals surface area contributed by atoms with E-state index in [1.54, 1.807) is 0 Å². The summed E-state index contributed by atoms with van der Waals surface area (Å²) < 4.78 is 0. The van der Waals surface area contributed by atoms with Crippen molar-refractivity contribution in [2.75, 3.05) is 0 Å². The molecule has 102 valence electrons. The zero-order valence-electron chi connectivity index (χ0n) is 4.23. The van der Waals surface area contributed by atoms with Crippen LogP contribution < -0.4 is 112 Å². The number of halogens is 9. The van der Waals surface area contributed by atoms with E-state index in [1.165, 1.54) is 0 Å². The predicted octanol–water partition coefficient (Wildman–Crippen LogP) is -27.0. The van der Waals surface area contributed by atoms with Crippen molar-refractivity contribution in [3.63, 3.8) is 0 Å². The molecule has 0 fully saturated rings. The Bertz CT molecular complexity index is 14.5. The van der Waals surface area contributed by atoms with Gasteiger partial charge < -0.3 is 112 Å². The molecule has 0 rings (SSSR count). The summed E-state index contributed by atoms with van der Waals surface area (Å²) in [5, 5.41) is 0. The van der Waals surface area contributed by atoms with Gasteiger partial charge in [0.1, 0.15) is 0 Å². The molecule has 12 heavy (non-hydrogen) atoms. The van der Waals surface area contributed by atoms with Crippen LogP contribution in [0.3, 0.4) is 0 Å². The van der Waals surface area contributed by atoms with Crippen molar-refractivity contribution >= 4 is 0 Å². The van der Waals surface area contributed by atoms with E-state index in [1.807, 2.05) is 0 Å². The molecule has 0 heterocycles. The SMILES string of the molecule is [Cl-].[Cl-].[Cl-].[Cl-].[Cl-].[Cl-].[Cl-].[Cl-].[Cl-].[Er+3].[Tm+3].[Yb+3]. The summed E-state index contributed by atoms with van der Waals surface area (Å²) in [5.74, 6) is 0. The van der Waals surface area contributed by atoms with E-state index in [0.717, 1.165) is 0 Å². The monoisotopic (exact) mass is 824 g/mol. The minimum absolute atomic E-state index is 0. The van der Waals surface area contributed by atoms with E-state index in [4.69, 9.17) is 0 Å². The van der Waals surface area contributed by atoms with Gasteiger partial charge in [-0.2, -0.15) is 0 Å². The van der Waals surface area contributed by atoms with Crippen molar-refractivity contribution in [3.8, 4) is 0 Å². The van der Waals surface area contributed by atoms with Gasteiger partial charge in [-0.15, -0.1) is 0 Å². The first-order chi connectivity index (χ1) is 0. The molecule has 0 aliphatic heterocycles. The Labute approximate surface area is 226 Å². The fraction of sp³-hybridized carbons (Fsp3) is 0. The van der Waals surface area contributed by atoms with Crippen LogP contribution in [-0.2, 0) is 0 Å². The summed E-state index contributed by atoms with van der Waals surface area (Å²) >= 11 is 0. The molecule has 0 saturated heterocycles. The van der Waals surface area contributed by atoms with E-state index in [9.17, 15) is 0 Å². The van der Waals surface area contributed by atoms with Crippen LogP contribution in [0, 0.1) is 121 Å². The van der Waals surface area contributed by atoms with Crippen molar-refractivity contribution in [2.45, 2.75) is 0 Å². The second-order valence-electron chi connectivity index (χ2n) is 0. The Hall–Kier alpha value is 6.61. The molecule has 0 unspecified atom stereocenters. The van der Waals surface area contributed by atoms with Crippen LogP contribution >= 0.6 is 0 Å². The maximum atomic E-state index is 0. The molecular weight excluding hydrogens is 828 g/mol. The van der Waals surface area contributed by atoms with Crippen LogP contribution in [-0.4, -0.2) is 0 Å². The average Bonchev–Trinajstić information content (AvgIpc) is 0. The molecule has 0 bridgehead atoms. The molecule has 0 spiro atoms. The van der Waals surface area contributed by atoms with Crippen LogP contribution in [0.15, 0.2) is 0 Å². The minimum Gasteiger partial charge on any atom is -1.00 e. The molecule has 0 aromatic rings. The van der Waals surface area contributed by atoms with Gasteiger partial charge >= 0.3 is 121 Å². The summed E-state index contributed by atoms with van der Waals surface area (Å²) in [6.45, 7) is 0. The molecule has 0 atom stereocenters. The van der Waals surface area contributed by atoms with Crippen LogP contribution in [0.1, 0.15) is 0 Å². The molecule has 0 nitrogen and oxygen atoms in total. The van der Waals surface area contributed by atoms with Crippen molar-refractivity contribution in [3.05, 3.63) is 0 Å². The number of hydrogen-bond acceptors (Lipinski definition) is 0. The van der Waals surface area contributed by atoms with Gasteiger partial charge in [-0.05, 0) is 0 Å². The van der Waals surface area contributed by atoms with Crippen LogP contribution in [0.5, 0.6) is 0 Å². The number of hydrogen-bond donors (Lipinski definition) is 0. The van der Waals surface area contributed by atoms with Crippen LogP contribution in [0.2, 0.25) is 0 Å². The molecule has 0 saturated carbocycles. The Morgan fingerprint density at radius 1 is 0.333 bits per heavy atom. The summed E-state index contributed by atoms with van der Waals surface area (Å²) in [6, 6.07) is 0. The average molecular weight is 828 g/mol. The van der Waals surface area contributed by atoms with E-state index < -0.39 is 0 Å². The fourth-order valence-corrected chi connectivity index (χ4v) is 0. The Morgan fingerprint density at radius 2 is 0.333 bits per heavy atom. The molecule has 2 radical (unpaired) electrons. The standard InChI is InChI=1S/9ClH.Er.Tm.Yb/h9*1H;;;/q;;;;;;;;;3*+3/p-9. The van der Waals surface area contributed by atoms with Crippen molar-refractivity contribution in [1.29, 1.82) is 0 Å². The molecular formula is Cl9ErTmYb. The molecule has 0 aromatic carbocycles. The van der Waals surface area contributed by atoms with Gasteiger partial charge in [0.15, 0.2) is 0 Å². The predicted molar refractivity (Wildman–Crippen MR) is 0 cm³/mol. The van der Waals surface area contributed by atoms with E-state index in [2.05, 4.69) is 0 Å². The van der Waals surface area contributed by atoms with Crippen molar-refractivity contribution < 1.29 is 233 Å². The van der Waals surface area contributed by atoms with Gasteiger partial charge in [0, 0.05) is 0 Å². The van der Waals surface area contributed by atoms with E-state index >= 15 is 0 Å². The molecule has 0 amide bonds. The molecule has 0 N–H and O–H groups in total. The van der Waals surface area contributed by atoms with Gasteiger partial charge in [-0.3, -0.25) is 0 Å². The Morgan fingerprint density at radius 3 is 0.333 bits per heavy atom. The second-order valence-corrected chi connectivity index (χ2v) is 0. The van der Waals surface area contributed by atoms with Gasteiger partial charge in [-0.25, -0.2) is 0 Å². The smallest absolute Gasteiger partial charge is 1.00 e. The zero-order chi connectivity index (χ0) is 0. The molecule has 0 aromatic heterocycles. The summed E-state index contributed by atoms with van der Waals surface area (Å²) in [4.78, 5) is 0. The number of rotatable bonds is 0. The Balaban J connectivity index is 0. The van der Waals surface area contributed by atoms with Crippen molar-refractivity contribution in [2.24, 2.45) is 0 Å². The Kier molecular flexibility index (Phi) is 1220. The summed E-state index contributed by atoms with van der Waals surface area (Å²) in [7, 11) is 0. The zero-order valence-corrected chi connectivity index (χ0v) is 16.4. The largest absolute Gasteiger partial charge is 3.00 e. The second kappa shape index (κ2) is 111. The van der Waals surface area contributed by atoms with E-state index in [-0.39, 0.29) is 233 Å². The summed E-state index contributed by atoms with van der Waals surface area (Å²) in [5.41, 5.74) is 0. The minimum atomic E-state index is 0. The van der Waals surface area contributed by atoms with Crippen LogP contribution in [0.25, 0.3) is 0 Å². The van der Waals surface area contributed by atoms with E-state index in [0.29, 0.717) is 0 Å². The van der Waals surface area contributed by atoms with Gasteiger partial charge in [0.05, 0.1) is 0 Å². The van der Waals surface area contributed by atoms with Crippen LogP contribution in [0.4, 0.5) is 0 Å². The fourth-order valence-electron chi connectivity index (χ4n) is 0. The normalized spacial score (nSPS) is 0. The summed E-state index contributed by atoms with van der Waals surface area (Å²) in [6.07, 6.45) is 0. The first-order valence-electron chi connectivity index (χ1n) is 0. The van der Waals surface area contributed by atoms with Gasteiger partial charge in [0.2, 0.25) is 0 Å². The maximum Gasteiger partial charge on any atom is 3.00 e. The first kappa shape index (κ1) is 132. The topological polar surface area (TPSA) is 0 Å². The quantitative estimate of drug-likeness (QED) is 0.228. The van der Waals surface area contributed by atoms with Crippen molar-refractivity contribution in [1.82, 2.24) is 0 Å². The first-order valence-corrected chi connectivity index (χ1v) is 0. The third-order valence-corrected chi connectivity index (χ3v) is 0. The maximum absolute atomic E-state index is 0. The van der Waals surface area contributed by atoms with Gasteiger partial charge in [-0.1, -0.05) is 0 Å². The third kappa shape index (κ3) is 92.6. The third-order valence-electron chi connectivity index (χ3n) is 0. The van der Waals surface area contributed by atoms with Gasteiger partial charge in [0.25, 0.3) is 0 Å². The molecule has 12 heteroatoms. The molecule has 0 aliphatic carbocycles. The molecule has 0 aliphatic rings.